The van der Waals surface area contributed by atoms with Gasteiger partial charge in [0.2, 0.25) is 29.5 Å². The minimum atomic E-state index is -1.19. The van der Waals surface area contributed by atoms with E-state index in [-0.39, 0.29) is 113 Å². The maximum atomic E-state index is 14.3. The molecule has 0 aromatic heterocycles. The Morgan fingerprint density at radius 1 is 0.367 bits per heavy atom. The van der Waals surface area contributed by atoms with Crippen LogP contribution in [-0.4, -0.2) is 145 Å². The lowest BCUT2D eigenvalue weighted by Gasteiger charge is -2.22. The molecule has 0 spiro atoms. The van der Waals surface area contributed by atoms with E-state index in [1.54, 1.807) is 0 Å². The van der Waals surface area contributed by atoms with Crippen molar-refractivity contribution < 1.29 is 71.6 Å². The third-order valence-electron chi connectivity index (χ3n) is 14.2. The van der Waals surface area contributed by atoms with E-state index in [2.05, 4.69) is 47.3 Å². The summed E-state index contributed by atoms with van der Waals surface area (Å²) >= 11 is 0. The molecule has 4 atom stereocenters. The molecule has 0 fully saturated rings. The smallest absolute Gasteiger partial charge is 0.305 e. The van der Waals surface area contributed by atoms with Gasteiger partial charge < -0.3 is 94.9 Å². The monoisotopic (exact) mass is 1250 g/mol. The average Bonchev–Trinajstić information content (AvgIpc) is 1.92. The Morgan fingerprint density at radius 2 is 0.644 bits per heavy atom. The van der Waals surface area contributed by atoms with Crippen molar-refractivity contribution >= 4 is 81.9 Å². The number of nitrogens with one attached hydrogen (secondary N) is 8. The van der Waals surface area contributed by atoms with Crippen LogP contribution >= 0.6 is 0 Å². The highest BCUT2D eigenvalue weighted by Crippen LogP contribution is 2.28. The highest BCUT2D eigenvalue weighted by Gasteiger charge is 2.29. The number of carbonyl (C=O) groups is 10. The summed E-state index contributed by atoms with van der Waals surface area (Å²) < 4.78 is 26.4. The molecule has 0 aliphatic heterocycles. The number of nitrogens with two attached hydrogens (primary N) is 5. The second-order valence-corrected chi connectivity index (χ2v) is 20.7. The lowest BCUT2D eigenvalue weighted by molar-refractivity contribution is -0.141. The molecule has 9 amide bonds. The van der Waals surface area contributed by atoms with Gasteiger partial charge in [-0.05, 0) is 182 Å². The second-order valence-electron chi connectivity index (χ2n) is 20.7. The normalized spacial score (nSPS) is 12.1. The lowest BCUT2D eigenvalue weighted by atomic mass is 10.1. The summed E-state index contributed by atoms with van der Waals surface area (Å²) in [6, 6.07) is 12.7. The SMILES string of the molecule is COC(=O)CCCC(=O)NC(CCCCN)C(=O)Nc1ccc(OC)c(C(=O)NC(CCCCN)C(=O)Nc2ccc(OC)c(C(=O)NC(CCCCN)C(=O)Nc3ccc(OC)c(C(=O)NC(CCCCN)C(=O)Nc4ccc(OC)c(C(N)=O)c4)c3)c2)c1. The largest absolute Gasteiger partial charge is 0.496 e. The zero-order valence-corrected chi connectivity index (χ0v) is 51.7. The maximum absolute atomic E-state index is 14.3. The lowest BCUT2D eigenvalue weighted by Crippen LogP contribution is -2.44. The summed E-state index contributed by atoms with van der Waals surface area (Å²) in [5.74, 6) is -5.98. The molecular formula is C62H87N13O15. The van der Waals surface area contributed by atoms with Gasteiger partial charge in [-0.15, -0.1) is 0 Å². The van der Waals surface area contributed by atoms with Crippen LogP contribution in [-0.2, 0) is 33.5 Å². The van der Waals surface area contributed by atoms with E-state index in [9.17, 15) is 47.9 Å². The van der Waals surface area contributed by atoms with Gasteiger partial charge in [-0.2, -0.15) is 0 Å². The molecule has 4 rings (SSSR count). The Bertz CT molecular complexity index is 3110. The maximum Gasteiger partial charge on any atom is 0.305 e. The minimum absolute atomic E-state index is 0.0245. The van der Waals surface area contributed by atoms with Crippen LogP contribution in [0.15, 0.2) is 72.8 Å². The molecule has 0 saturated carbocycles. The quantitative estimate of drug-likeness (QED) is 0.0224. The highest BCUT2D eigenvalue weighted by molar-refractivity contribution is 6.08. The van der Waals surface area contributed by atoms with Gasteiger partial charge in [-0.25, -0.2) is 0 Å². The van der Waals surface area contributed by atoms with Crippen molar-refractivity contribution in [3.63, 3.8) is 0 Å². The number of rotatable bonds is 40. The molecule has 490 valence electrons. The van der Waals surface area contributed by atoms with E-state index >= 15 is 0 Å². The van der Waals surface area contributed by atoms with E-state index in [1.165, 1.54) is 108 Å². The standard InChI is InChI=1S/C62H87N13O15/c1-86-49-25-21-37(33-41(49)55(67)78)68-60(83)46(16-7-11-30-64)73-57(80)43-35-39(23-27-51(43)88-3)70-62(85)48(18-9-13-32-66)75-58(81)44-36-40(24-28-52(44)89-4)71-61(84)47(17-8-12-31-65)74-56(79)42-34-38(22-26-50(42)87-2)69-59(82)45(15-6-10-29-63)72-53(76)19-14-20-54(77)90-5/h21-28,33-36,45-48H,6-20,29-32,63-66H2,1-5H3,(H2,67,78)(H,68,83)(H,69,82)(H,70,85)(H,71,84)(H,72,76)(H,73,80)(H,74,79)(H,75,81). The molecule has 0 saturated heterocycles. The van der Waals surface area contributed by atoms with E-state index < -0.39 is 83.3 Å². The van der Waals surface area contributed by atoms with Crippen LogP contribution in [0.5, 0.6) is 23.0 Å². The summed E-state index contributed by atoms with van der Waals surface area (Å²) in [7, 11) is 6.63. The Labute approximate surface area is 523 Å². The van der Waals surface area contributed by atoms with Crippen LogP contribution in [0.3, 0.4) is 0 Å². The van der Waals surface area contributed by atoms with Crippen LogP contribution in [0, 0.1) is 0 Å². The number of unbranched alkanes of at least 4 members (excludes halogenated alkanes) is 4. The number of ether oxygens (including phenoxy) is 5. The topological polar surface area (TPSA) is 443 Å². The number of benzene rings is 4. The number of anilines is 4. The molecule has 28 heteroatoms. The van der Waals surface area contributed by atoms with Crippen LogP contribution < -0.4 is 90.2 Å². The number of amides is 9. The third kappa shape index (κ3) is 23.3. The fourth-order valence-corrected chi connectivity index (χ4v) is 9.30. The predicted molar refractivity (Wildman–Crippen MR) is 338 cm³/mol. The van der Waals surface area contributed by atoms with Gasteiger partial charge in [0.15, 0.2) is 0 Å². The van der Waals surface area contributed by atoms with Crippen molar-refractivity contribution in [2.45, 2.75) is 120 Å². The van der Waals surface area contributed by atoms with Crippen molar-refractivity contribution in [1.29, 1.82) is 0 Å². The van der Waals surface area contributed by atoms with Gasteiger partial charge in [0, 0.05) is 35.6 Å². The van der Waals surface area contributed by atoms with Crippen molar-refractivity contribution in [1.82, 2.24) is 21.3 Å². The van der Waals surface area contributed by atoms with Gasteiger partial charge in [0.05, 0.1) is 57.8 Å². The van der Waals surface area contributed by atoms with Gasteiger partial charge in [-0.1, -0.05) is 0 Å². The van der Waals surface area contributed by atoms with Gasteiger partial charge >= 0.3 is 5.97 Å². The fraction of sp³-hybridized carbons (Fsp3) is 0.452. The molecule has 0 heterocycles. The zero-order chi connectivity index (χ0) is 66.1. The van der Waals surface area contributed by atoms with Gasteiger partial charge in [0.25, 0.3) is 23.6 Å². The molecule has 0 aliphatic rings. The average molecular weight is 1250 g/mol. The summed E-state index contributed by atoms with van der Waals surface area (Å²) in [6.45, 7) is 1.30. The van der Waals surface area contributed by atoms with Crippen molar-refractivity contribution in [3.05, 3.63) is 95.1 Å². The molecule has 0 bridgehead atoms. The molecule has 0 radical (unpaired) electrons. The van der Waals surface area contributed by atoms with Crippen LogP contribution in [0.2, 0.25) is 0 Å². The summed E-state index contributed by atoms with van der Waals surface area (Å²) in [5, 5.41) is 22.0. The van der Waals surface area contributed by atoms with Crippen LogP contribution in [0.1, 0.15) is 138 Å². The number of primary amides is 1. The molecule has 4 aromatic rings. The highest BCUT2D eigenvalue weighted by atomic mass is 16.5. The molecule has 28 nitrogen and oxygen atoms in total. The first kappa shape index (κ1) is 73.1. The summed E-state index contributed by atoms with van der Waals surface area (Å²) in [6.07, 6.45) is 4.82. The number of esters is 1. The van der Waals surface area contributed by atoms with Crippen molar-refractivity contribution in [3.8, 4) is 23.0 Å². The predicted octanol–water partition coefficient (Wildman–Crippen LogP) is 3.31. The van der Waals surface area contributed by atoms with E-state index in [0.29, 0.717) is 77.5 Å². The van der Waals surface area contributed by atoms with E-state index in [1.807, 2.05) is 0 Å². The molecule has 18 N–H and O–H groups in total. The van der Waals surface area contributed by atoms with E-state index in [4.69, 9.17) is 47.6 Å². The summed E-state index contributed by atoms with van der Waals surface area (Å²) in [5.41, 5.74) is 29.1. The van der Waals surface area contributed by atoms with Gasteiger partial charge in [-0.3, -0.25) is 47.9 Å². The second kappa shape index (κ2) is 38.8. The fourth-order valence-electron chi connectivity index (χ4n) is 9.30. The third-order valence-corrected chi connectivity index (χ3v) is 14.2. The minimum Gasteiger partial charge on any atom is -0.496 e. The Hall–Kier alpha value is -9.38. The molecule has 4 unspecified atom stereocenters. The molecular weight excluding hydrogens is 1170 g/mol. The van der Waals surface area contributed by atoms with Crippen molar-refractivity contribution in [2.24, 2.45) is 28.7 Å². The summed E-state index contributed by atoms with van der Waals surface area (Å²) in [4.78, 5) is 135. The van der Waals surface area contributed by atoms with Gasteiger partial charge in [0.1, 0.15) is 47.2 Å². The van der Waals surface area contributed by atoms with E-state index in [0.717, 1.165) is 0 Å². The zero-order valence-electron chi connectivity index (χ0n) is 51.7. The first-order valence-corrected chi connectivity index (χ1v) is 29.6. The number of hydrogen-bond donors (Lipinski definition) is 13. The molecule has 90 heavy (non-hydrogen) atoms. The number of methoxy groups -OCH3 is 5. The molecule has 0 aliphatic carbocycles. The molecule has 4 aromatic carbocycles. The van der Waals surface area contributed by atoms with Crippen molar-refractivity contribution in [2.75, 3.05) is 83.0 Å². The Morgan fingerprint density at radius 3 is 0.911 bits per heavy atom. The first-order valence-electron chi connectivity index (χ1n) is 29.6. The van der Waals surface area contributed by atoms with Crippen LogP contribution in [0.4, 0.5) is 22.7 Å². The number of carbonyl (C=O) groups excluding carboxylic acids is 10. The Kier molecular flexibility index (Phi) is 31.5. The first-order chi connectivity index (χ1) is 43.3. The Balaban J connectivity index is 1.55. The van der Waals surface area contributed by atoms with Crippen LogP contribution in [0.25, 0.3) is 0 Å². The number of hydrogen-bond acceptors (Lipinski definition) is 19.